The Morgan fingerprint density at radius 2 is 1.52 bits per heavy atom. The summed E-state index contributed by atoms with van der Waals surface area (Å²) >= 11 is 0. The zero-order valence-corrected chi connectivity index (χ0v) is 20.5. The van der Waals surface area contributed by atoms with Gasteiger partial charge < -0.3 is 4.43 Å². The molecule has 2 aromatic rings. The van der Waals surface area contributed by atoms with Crippen molar-refractivity contribution in [1.29, 1.82) is 0 Å². The third-order valence-corrected chi connectivity index (χ3v) is 10.5. The molecule has 1 atom stereocenters. The lowest BCUT2D eigenvalue weighted by Gasteiger charge is -2.44. The van der Waals surface area contributed by atoms with Crippen molar-refractivity contribution in [3.05, 3.63) is 72.8 Å². The highest BCUT2D eigenvalue weighted by molar-refractivity contribution is 6.99. The van der Waals surface area contributed by atoms with Gasteiger partial charge in [0, 0.05) is 12.8 Å². The Balaban J connectivity index is 2.48. The quantitative estimate of drug-likeness (QED) is 0.267. The predicted molar refractivity (Wildman–Crippen MR) is 137 cm³/mol. The topological polar surface area (TPSA) is 9.23 Å². The van der Waals surface area contributed by atoms with E-state index >= 15 is 0 Å². The second kappa shape index (κ2) is 12.4. The first kappa shape index (κ1) is 24.7. The molecular formula is C29H36OSi. The van der Waals surface area contributed by atoms with Gasteiger partial charge >= 0.3 is 0 Å². The van der Waals surface area contributed by atoms with Gasteiger partial charge in [0.1, 0.15) is 0 Å². The Bertz CT molecular complexity index is 865. The monoisotopic (exact) mass is 428 g/mol. The Kier molecular flexibility index (Phi) is 9.87. The van der Waals surface area contributed by atoms with E-state index in [1.54, 1.807) is 6.08 Å². The van der Waals surface area contributed by atoms with Gasteiger partial charge in [-0.25, -0.2) is 0 Å². The molecule has 0 amide bonds. The smallest absolute Gasteiger partial charge is 0.261 e. The summed E-state index contributed by atoms with van der Waals surface area (Å²) in [5, 5.41) is 2.46. The molecule has 2 heteroatoms. The SMILES string of the molecule is C#C/C=C/[C@H](CC#CCCCCC)O[Si](c1ccccc1)(c1ccccc1)C(C)(C)C. The van der Waals surface area contributed by atoms with Crippen molar-refractivity contribution < 1.29 is 4.43 Å². The van der Waals surface area contributed by atoms with Crippen molar-refractivity contribution in [3.8, 4) is 24.2 Å². The zero-order valence-electron chi connectivity index (χ0n) is 19.5. The van der Waals surface area contributed by atoms with Crippen LogP contribution in [0.3, 0.4) is 0 Å². The molecule has 0 saturated heterocycles. The summed E-state index contributed by atoms with van der Waals surface area (Å²) in [6, 6.07) is 21.4. The average molecular weight is 429 g/mol. The van der Waals surface area contributed by atoms with E-state index in [2.05, 4.69) is 106 Å². The molecule has 0 radical (unpaired) electrons. The Morgan fingerprint density at radius 3 is 2.00 bits per heavy atom. The van der Waals surface area contributed by atoms with E-state index in [1.165, 1.54) is 23.2 Å². The highest BCUT2D eigenvalue weighted by Crippen LogP contribution is 2.37. The summed E-state index contributed by atoms with van der Waals surface area (Å²) in [4.78, 5) is 0. The maximum absolute atomic E-state index is 7.16. The van der Waals surface area contributed by atoms with Crippen LogP contribution in [0.4, 0.5) is 0 Å². The molecule has 2 rings (SSSR count). The van der Waals surface area contributed by atoms with Gasteiger partial charge in [-0.1, -0.05) is 107 Å². The highest BCUT2D eigenvalue weighted by Gasteiger charge is 2.51. The Labute approximate surface area is 191 Å². The minimum Gasteiger partial charge on any atom is -0.400 e. The Hall–Kier alpha value is -2.52. The molecule has 1 nitrogen and oxygen atoms in total. The molecular weight excluding hydrogens is 392 g/mol. The second-order valence-corrected chi connectivity index (χ2v) is 13.1. The fourth-order valence-corrected chi connectivity index (χ4v) is 8.59. The lowest BCUT2D eigenvalue weighted by Crippen LogP contribution is -2.67. The van der Waals surface area contributed by atoms with E-state index in [-0.39, 0.29) is 11.1 Å². The van der Waals surface area contributed by atoms with E-state index in [9.17, 15) is 0 Å². The van der Waals surface area contributed by atoms with Gasteiger partial charge in [-0.15, -0.1) is 18.3 Å². The van der Waals surface area contributed by atoms with Gasteiger partial charge in [-0.05, 0) is 34.0 Å². The molecule has 31 heavy (non-hydrogen) atoms. The van der Waals surface area contributed by atoms with Crippen molar-refractivity contribution in [2.75, 3.05) is 0 Å². The number of unbranched alkanes of at least 4 members (excludes halogenated alkanes) is 3. The molecule has 0 heterocycles. The van der Waals surface area contributed by atoms with Crippen molar-refractivity contribution >= 4 is 18.7 Å². The van der Waals surface area contributed by atoms with Crippen LogP contribution in [0.1, 0.15) is 59.8 Å². The van der Waals surface area contributed by atoms with Crippen LogP contribution in [-0.2, 0) is 4.43 Å². The maximum Gasteiger partial charge on any atom is 0.261 e. The minimum atomic E-state index is -2.63. The number of hydrogen-bond acceptors (Lipinski definition) is 1. The lowest BCUT2D eigenvalue weighted by molar-refractivity contribution is 0.238. The van der Waals surface area contributed by atoms with Crippen molar-refractivity contribution in [2.24, 2.45) is 0 Å². The molecule has 162 valence electrons. The minimum absolute atomic E-state index is 0.0769. The van der Waals surface area contributed by atoms with Gasteiger partial charge in [0.25, 0.3) is 8.32 Å². The first-order valence-corrected chi connectivity index (χ1v) is 13.2. The number of benzene rings is 2. The molecule has 0 aliphatic heterocycles. The van der Waals surface area contributed by atoms with Gasteiger partial charge in [0.05, 0.1) is 6.10 Å². The summed E-state index contributed by atoms with van der Waals surface area (Å²) in [6.45, 7) is 9.08. The van der Waals surface area contributed by atoms with Crippen LogP contribution in [0.25, 0.3) is 0 Å². The lowest BCUT2D eigenvalue weighted by atomic mass is 10.2. The van der Waals surface area contributed by atoms with Crippen LogP contribution in [0.15, 0.2) is 72.8 Å². The Morgan fingerprint density at radius 1 is 0.935 bits per heavy atom. The molecule has 0 aliphatic rings. The van der Waals surface area contributed by atoms with Crippen LogP contribution >= 0.6 is 0 Å². The summed E-state index contributed by atoms with van der Waals surface area (Å²) in [5.41, 5.74) is 0. The molecule has 0 bridgehead atoms. The van der Waals surface area contributed by atoms with Crippen molar-refractivity contribution in [1.82, 2.24) is 0 Å². The van der Waals surface area contributed by atoms with Gasteiger partial charge in [-0.2, -0.15) is 0 Å². The summed E-state index contributed by atoms with van der Waals surface area (Å²) in [7, 11) is -2.63. The first-order valence-electron chi connectivity index (χ1n) is 11.3. The van der Waals surface area contributed by atoms with Crippen LogP contribution < -0.4 is 10.4 Å². The highest BCUT2D eigenvalue weighted by atomic mass is 28.4. The van der Waals surface area contributed by atoms with Gasteiger partial charge in [0.2, 0.25) is 0 Å². The molecule has 0 saturated carbocycles. The number of allylic oxidation sites excluding steroid dienone is 1. The molecule has 2 aromatic carbocycles. The predicted octanol–water partition coefficient (Wildman–Crippen LogP) is 6.09. The van der Waals surface area contributed by atoms with Crippen LogP contribution in [0, 0.1) is 24.2 Å². The first-order chi connectivity index (χ1) is 15.0. The van der Waals surface area contributed by atoms with E-state index in [0.717, 1.165) is 12.8 Å². The fourth-order valence-electron chi connectivity index (χ4n) is 3.95. The van der Waals surface area contributed by atoms with E-state index < -0.39 is 8.32 Å². The van der Waals surface area contributed by atoms with E-state index in [4.69, 9.17) is 10.8 Å². The normalized spacial score (nSPS) is 12.7. The maximum atomic E-state index is 7.16. The van der Waals surface area contributed by atoms with Gasteiger partial charge in [0.15, 0.2) is 0 Å². The largest absolute Gasteiger partial charge is 0.400 e. The fraction of sp³-hybridized carbons (Fsp3) is 0.379. The molecule has 0 aromatic heterocycles. The standard InChI is InChI=1S/C29H36OSi/c1-6-8-10-11-12-15-21-26(20-9-7-2)30-31(29(3,4)5,27-22-16-13-17-23-27)28-24-18-14-19-25-28/h2,9,13-14,16-20,22-26H,6,8,10-11,21H2,1,3-5H3/b20-9+/t26-/m1/s1. The molecule has 0 aliphatic carbocycles. The number of hydrogen-bond donors (Lipinski definition) is 0. The second-order valence-electron chi connectivity index (χ2n) is 8.86. The van der Waals surface area contributed by atoms with Crippen LogP contribution in [0.5, 0.6) is 0 Å². The average Bonchev–Trinajstić information content (AvgIpc) is 2.77. The number of terminal acetylenes is 1. The van der Waals surface area contributed by atoms with Crippen molar-refractivity contribution in [2.45, 2.75) is 70.9 Å². The summed E-state index contributed by atoms with van der Waals surface area (Å²) in [6.07, 6.45) is 14.3. The third kappa shape index (κ3) is 6.73. The number of rotatable bonds is 9. The molecule has 0 spiro atoms. The molecule has 0 unspecified atom stereocenters. The van der Waals surface area contributed by atoms with Crippen molar-refractivity contribution in [3.63, 3.8) is 0 Å². The zero-order chi connectivity index (χ0) is 22.6. The van der Waals surface area contributed by atoms with Gasteiger partial charge in [-0.3, -0.25) is 0 Å². The van der Waals surface area contributed by atoms with E-state index in [0.29, 0.717) is 6.42 Å². The van der Waals surface area contributed by atoms with E-state index in [1.807, 2.05) is 6.08 Å². The molecule has 0 fully saturated rings. The summed E-state index contributed by atoms with van der Waals surface area (Å²) < 4.78 is 7.16. The molecule has 0 N–H and O–H groups in total. The van der Waals surface area contributed by atoms with Crippen LogP contribution in [-0.4, -0.2) is 14.4 Å². The summed E-state index contributed by atoms with van der Waals surface area (Å²) in [5.74, 6) is 9.32. The van der Waals surface area contributed by atoms with Crippen LogP contribution in [0.2, 0.25) is 5.04 Å². The third-order valence-electron chi connectivity index (χ3n) is 5.49.